The number of ketones is 1. The van der Waals surface area contributed by atoms with Crippen molar-refractivity contribution in [3.05, 3.63) is 45.0 Å². The van der Waals surface area contributed by atoms with Gasteiger partial charge in [0, 0.05) is 10.6 Å². The minimum Gasteiger partial charge on any atom is -0.289 e. The Morgan fingerprint density at radius 3 is 2.42 bits per heavy atom. The molecule has 1 aromatic rings. The van der Waals surface area contributed by atoms with Gasteiger partial charge < -0.3 is 0 Å². The molecule has 0 fully saturated rings. The zero-order valence-corrected chi connectivity index (χ0v) is 9.04. The standard InChI is InChI=1S/C9H6ClIO/c10-8-3-1-7(2-4-8)9(12)5-6-11/h1-6H/b6-5+. The Morgan fingerprint density at radius 1 is 1.33 bits per heavy atom. The summed E-state index contributed by atoms with van der Waals surface area (Å²) in [4.78, 5) is 11.2. The fourth-order valence-corrected chi connectivity index (χ4v) is 1.22. The molecule has 1 nitrogen and oxygen atoms in total. The quantitative estimate of drug-likeness (QED) is 0.463. The molecule has 12 heavy (non-hydrogen) atoms. The van der Waals surface area contributed by atoms with Crippen LogP contribution in [-0.2, 0) is 0 Å². The third-order valence-corrected chi connectivity index (χ3v) is 1.95. The Bertz CT molecular complexity index is 303. The van der Waals surface area contributed by atoms with Crippen molar-refractivity contribution < 1.29 is 4.79 Å². The summed E-state index contributed by atoms with van der Waals surface area (Å²) in [6, 6.07) is 6.83. The number of halogens is 2. The van der Waals surface area contributed by atoms with Crippen LogP contribution in [0.25, 0.3) is 0 Å². The van der Waals surface area contributed by atoms with Gasteiger partial charge in [0.15, 0.2) is 5.78 Å². The molecule has 0 unspecified atom stereocenters. The van der Waals surface area contributed by atoms with Crippen molar-refractivity contribution in [3.8, 4) is 0 Å². The smallest absolute Gasteiger partial charge is 0.186 e. The molecular formula is C9H6ClIO. The summed E-state index contributed by atoms with van der Waals surface area (Å²) < 4.78 is 1.69. The predicted octanol–water partition coefficient (Wildman–Crippen LogP) is 3.47. The van der Waals surface area contributed by atoms with Gasteiger partial charge in [-0.1, -0.05) is 34.2 Å². The van der Waals surface area contributed by atoms with Gasteiger partial charge in [-0.3, -0.25) is 4.79 Å². The molecule has 1 rings (SSSR count). The maximum atomic E-state index is 11.2. The van der Waals surface area contributed by atoms with E-state index in [1.165, 1.54) is 6.08 Å². The van der Waals surface area contributed by atoms with Crippen LogP contribution in [0.15, 0.2) is 34.4 Å². The topological polar surface area (TPSA) is 17.1 Å². The summed E-state index contributed by atoms with van der Waals surface area (Å²) in [6.07, 6.45) is 1.52. The second-order valence-corrected chi connectivity index (χ2v) is 3.32. The summed E-state index contributed by atoms with van der Waals surface area (Å²) in [5.74, 6) is 0.000988. The second kappa shape index (κ2) is 4.62. The summed E-state index contributed by atoms with van der Waals surface area (Å²) in [5.41, 5.74) is 0.660. The van der Waals surface area contributed by atoms with Crippen LogP contribution >= 0.6 is 34.2 Å². The Labute approximate surface area is 89.6 Å². The lowest BCUT2D eigenvalue weighted by Crippen LogP contribution is -1.92. The molecule has 0 spiro atoms. The number of carbonyl (C=O) groups is 1. The van der Waals surface area contributed by atoms with Gasteiger partial charge in [0.1, 0.15) is 0 Å². The first kappa shape index (κ1) is 9.74. The van der Waals surface area contributed by atoms with Gasteiger partial charge >= 0.3 is 0 Å². The molecule has 0 radical (unpaired) electrons. The largest absolute Gasteiger partial charge is 0.289 e. The van der Waals surface area contributed by atoms with E-state index in [4.69, 9.17) is 11.6 Å². The molecule has 0 amide bonds. The summed E-state index contributed by atoms with van der Waals surface area (Å²) in [7, 11) is 0. The highest BCUT2D eigenvalue weighted by molar-refractivity contribution is 14.1. The second-order valence-electron chi connectivity index (χ2n) is 2.16. The zero-order valence-electron chi connectivity index (χ0n) is 6.13. The molecule has 0 atom stereocenters. The van der Waals surface area contributed by atoms with E-state index in [1.54, 1.807) is 28.3 Å². The van der Waals surface area contributed by atoms with Gasteiger partial charge in [0.25, 0.3) is 0 Å². The lowest BCUT2D eigenvalue weighted by Gasteiger charge is -1.94. The lowest BCUT2D eigenvalue weighted by atomic mass is 10.1. The van der Waals surface area contributed by atoms with Crippen LogP contribution in [0.3, 0.4) is 0 Å². The van der Waals surface area contributed by atoms with E-state index < -0.39 is 0 Å². The number of hydrogen-bond acceptors (Lipinski definition) is 1. The number of hydrogen-bond donors (Lipinski definition) is 0. The van der Waals surface area contributed by atoms with Gasteiger partial charge in [-0.05, 0) is 34.4 Å². The molecule has 0 aliphatic rings. The van der Waals surface area contributed by atoms with Gasteiger partial charge in [-0.15, -0.1) is 0 Å². The summed E-state index contributed by atoms with van der Waals surface area (Å²) in [6.45, 7) is 0. The van der Waals surface area contributed by atoms with Crippen molar-refractivity contribution in [2.45, 2.75) is 0 Å². The monoisotopic (exact) mass is 292 g/mol. The van der Waals surface area contributed by atoms with Crippen molar-refractivity contribution in [1.29, 1.82) is 0 Å². The molecule has 3 heteroatoms. The van der Waals surface area contributed by atoms with Crippen molar-refractivity contribution in [2.24, 2.45) is 0 Å². The van der Waals surface area contributed by atoms with Crippen LogP contribution in [0, 0.1) is 0 Å². The van der Waals surface area contributed by atoms with E-state index in [-0.39, 0.29) is 5.78 Å². The van der Waals surface area contributed by atoms with Gasteiger partial charge in [-0.25, -0.2) is 0 Å². The summed E-state index contributed by atoms with van der Waals surface area (Å²) >= 11 is 7.67. The normalized spacial score (nSPS) is 10.5. The molecule has 0 aromatic heterocycles. The third kappa shape index (κ3) is 2.60. The Kier molecular flexibility index (Phi) is 3.75. The molecule has 0 N–H and O–H groups in total. The SMILES string of the molecule is O=C(/C=C/I)c1ccc(Cl)cc1. The van der Waals surface area contributed by atoms with Crippen molar-refractivity contribution in [3.63, 3.8) is 0 Å². The fourth-order valence-electron chi connectivity index (χ4n) is 0.768. The van der Waals surface area contributed by atoms with Crippen LogP contribution in [0.1, 0.15) is 10.4 Å². The van der Waals surface area contributed by atoms with Gasteiger partial charge in [0.2, 0.25) is 0 Å². The number of carbonyl (C=O) groups excluding carboxylic acids is 1. The number of benzene rings is 1. The van der Waals surface area contributed by atoms with Crippen LogP contribution in [0.2, 0.25) is 5.02 Å². The van der Waals surface area contributed by atoms with Crippen molar-refractivity contribution in [1.82, 2.24) is 0 Å². The molecule has 0 bridgehead atoms. The maximum Gasteiger partial charge on any atom is 0.186 e. The number of allylic oxidation sites excluding steroid dienone is 1. The van der Waals surface area contributed by atoms with Crippen LogP contribution in [-0.4, -0.2) is 5.78 Å². The van der Waals surface area contributed by atoms with E-state index in [1.807, 2.05) is 22.6 Å². The minimum atomic E-state index is 0.000988. The van der Waals surface area contributed by atoms with Crippen molar-refractivity contribution in [2.75, 3.05) is 0 Å². The first-order chi connectivity index (χ1) is 5.74. The lowest BCUT2D eigenvalue weighted by molar-refractivity contribution is 0.104. The Morgan fingerprint density at radius 2 is 1.92 bits per heavy atom. The van der Waals surface area contributed by atoms with Gasteiger partial charge in [0.05, 0.1) is 0 Å². The van der Waals surface area contributed by atoms with Gasteiger partial charge in [-0.2, -0.15) is 0 Å². The molecule has 0 aliphatic carbocycles. The fraction of sp³-hybridized carbons (Fsp3) is 0. The zero-order chi connectivity index (χ0) is 8.97. The van der Waals surface area contributed by atoms with Crippen LogP contribution in [0.4, 0.5) is 0 Å². The predicted molar refractivity (Wildman–Crippen MR) is 58.9 cm³/mol. The average molecular weight is 293 g/mol. The first-order valence-electron chi connectivity index (χ1n) is 3.30. The van der Waals surface area contributed by atoms with Crippen LogP contribution in [0.5, 0.6) is 0 Å². The molecule has 1 aromatic carbocycles. The average Bonchev–Trinajstić information content (AvgIpc) is 2.06. The minimum absolute atomic E-state index is 0.000988. The van der Waals surface area contributed by atoms with E-state index >= 15 is 0 Å². The summed E-state index contributed by atoms with van der Waals surface area (Å²) in [5, 5.41) is 0.644. The Balaban J connectivity index is 2.90. The maximum absolute atomic E-state index is 11.2. The highest BCUT2D eigenvalue weighted by Crippen LogP contribution is 2.10. The molecule has 0 saturated heterocycles. The van der Waals surface area contributed by atoms with Crippen molar-refractivity contribution >= 4 is 40.0 Å². The van der Waals surface area contributed by atoms with Crippen LogP contribution < -0.4 is 0 Å². The first-order valence-corrected chi connectivity index (χ1v) is 4.93. The molecular weight excluding hydrogens is 286 g/mol. The highest BCUT2D eigenvalue weighted by atomic mass is 127. The molecule has 62 valence electrons. The molecule has 0 aliphatic heterocycles. The Hall–Kier alpha value is -0.350. The van der Waals surface area contributed by atoms with E-state index in [2.05, 4.69) is 0 Å². The van der Waals surface area contributed by atoms with E-state index in [9.17, 15) is 4.79 Å². The third-order valence-electron chi connectivity index (χ3n) is 1.34. The number of rotatable bonds is 2. The molecule has 0 saturated carbocycles. The van der Waals surface area contributed by atoms with E-state index in [0.29, 0.717) is 10.6 Å². The molecule has 0 heterocycles. The highest BCUT2D eigenvalue weighted by Gasteiger charge is 1.99. The van der Waals surface area contributed by atoms with E-state index in [0.717, 1.165) is 0 Å².